The zero-order chi connectivity index (χ0) is 16.8. The van der Waals surface area contributed by atoms with Crippen LogP contribution in [-0.4, -0.2) is 17.9 Å². The average Bonchev–Trinajstić information content (AvgIpc) is 2.61. The zero-order valence-electron chi connectivity index (χ0n) is 13.8. The average molecular weight is 335 g/mol. The fourth-order valence-electron chi connectivity index (χ4n) is 2.76. The van der Waals surface area contributed by atoms with Gasteiger partial charge >= 0.3 is 0 Å². The molecule has 3 rings (SSSR count). The second-order valence-electron chi connectivity index (χ2n) is 5.71. The van der Waals surface area contributed by atoms with Crippen LogP contribution in [0, 0.1) is 0 Å². The van der Waals surface area contributed by atoms with Gasteiger partial charge in [0.15, 0.2) is 5.11 Å². The summed E-state index contributed by atoms with van der Waals surface area (Å²) in [5.41, 5.74) is 4.01. The van der Waals surface area contributed by atoms with E-state index in [1.165, 1.54) is 21.5 Å². The highest BCUT2D eigenvalue weighted by Crippen LogP contribution is 2.27. The summed E-state index contributed by atoms with van der Waals surface area (Å²) in [6, 6.07) is 18.9. The molecule has 0 aromatic heterocycles. The van der Waals surface area contributed by atoms with Gasteiger partial charge in [-0.3, -0.25) is 5.43 Å². The number of hydrogen-bond donors (Lipinski definition) is 2. The van der Waals surface area contributed by atoms with Crippen molar-refractivity contribution in [1.82, 2.24) is 10.7 Å². The van der Waals surface area contributed by atoms with E-state index < -0.39 is 0 Å². The van der Waals surface area contributed by atoms with Gasteiger partial charge in [-0.25, -0.2) is 0 Å². The van der Waals surface area contributed by atoms with Crippen LogP contribution < -0.4 is 10.7 Å². The lowest BCUT2D eigenvalue weighted by atomic mass is 9.97. The Morgan fingerprint density at radius 3 is 2.29 bits per heavy atom. The minimum absolute atomic E-state index is 0.559. The molecule has 3 aromatic rings. The minimum atomic E-state index is 0.559. The number of hydrazone groups is 1. The maximum atomic E-state index is 5.24. The SMILES string of the molecule is CCCCNC(=S)N/N=C/c1c2ccccc2cc2ccccc12. The maximum absolute atomic E-state index is 5.24. The van der Waals surface area contributed by atoms with Crippen molar-refractivity contribution < 1.29 is 0 Å². The molecule has 0 saturated carbocycles. The summed E-state index contributed by atoms with van der Waals surface area (Å²) in [6.45, 7) is 3.02. The van der Waals surface area contributed by atoms with Gasteiger partial charge in [0.05, 0.1) is 6.21 Å². The molecule has 0 spiro atoms. The topological polar surface area (TPSA) is 36.4 Å². The molecule has 4 heteroatoms. The van der Waals surface area contributed by atoms with Crippen LogP contribution in [0.2, 0.25) is 0 Å². The van der Waals surface area contributed by atoms with Gasteiger partial charge in [0.2, 0.25) is 0 Å². The van der Waals surface area contributed by atoms with Crippen molar-refractivity contribution in [1.29, 1.82) is 0 Å². The molecule has 0 heterocycles. The molecule has 2 N–H and O–H groups in total. The van der Waals surface area contributed by atoms with Gasteiger partial charge in [0.25, 0.3) is 0 Å². The third kappa shape index (κ3) is 3.71. The van der Waals surface area contributed by atoms with Crippen LogP contribution in [0.15, 0.2) is 59.7 Å². The van der Waals surface area contributed by atoms with Crippen molar-refractivity contribution >= 4 is 45.1 Å². The third-order valence-corrected chi connectivity index (χ3v) is 4.22. The Hall–Kier alpha value is -2.46. The summed E-state index contributed by atoms with van der Waals surface area (Å²) in [7, 11) is 0. The van der Waals surface area contributed by atoms with E-state index in [0.29, 0.717) is 5.11 Å². The Morgan fingerprint density at radius 1 is 1.04 bits per heavy atom. The number of unbranched alkanes of at least 4 members (excludes halogenated alkanes) is 1. The van der Waals surface area contributed by atoms with E-state index in [0.717, 1.165) is 24.9 Å². The van der Waals surface area contributed by atoms with Gasteiger partial charge in [0.1, 0.15) is 0 Å². The minimum Gasteiger partial charge on any atom is -0.361 e. The first-order chi connectivity index (χ1) is 11.8. The van der Waals surface area contributed by atoms with Crippen LogP contribution in [0.25, 0.3) is 21.5 Å². The molecule has 0 aliphatic carbocycles. The zero-order valence-corrected chi connectivity index (χ0v) is 14.6. The molecular formula is C20H21N3S. The van der Waals surface area contributed by atoms with Crippen LogP contribution in [0.4, 0.5) is 0 Å². The van der Waals surface area contributed by atoms with Crippen molar-refractivity contribution in [2.45, 2.75) is 19.8 Å². The lowest BCUT2D eigenvalue weighted by Gasteiger charge is -2.09. The van der Waals surface area contributed by atoms with Crippen molar-refractivity contribution in [3.05, 3.63) is 60.2 Å². The lowest BCUT2D eigenvalue weighted by molar-refractivity contribution is 0.745. The molecule has 0 aliphatic rings. The molecular weight excluding hydrogens is 314 g/mol. The number of thiocarbonyl (C=S) groups is 1. The summed E-state index contributed by atoms with van der Waals surface area (Å²) >= 11 is 5.24. The van der Waals surface area contributed by atoms with Gasteiger partial charge in [0, 0.05) is 12.1 Å². The summed E-state index contributed by atoms with van der Waals surface area (Å²) < 4.78 is 0. The van der Waals surface area contributed by atoms with Crippen molar-refractivity contribution in [3.63, 3.8) is 0 Å². The highest BCUT2D eigenvalue weighted by atomic mass is 32.1. The van der Waals surface area contributed by atoms with E-state index in [2.05, 4.69) is 77.4 Å². The van der Waals surface area contributed by atoms with E-state index in [9.17, 15) is 0 Å². The summed E-state index contributed by atoms with van der Waals surface area (Å²) in [4.78, 5) is 0. The van der Waals surface area contributed by atoms with Crippen LogP contribution in [-0.2, 0) is 0 Å². The van der Waals surface area contributed by atoms with Gasteiger partial charge in [-0.1, -0.05) is 61.9 Å². The molecule has 3 aromatic carbocycles. The smallest absolute Gasteiger partial charge is 0.186 e. The van der Waals surface area contributed by atoms with Gasteiger partial charge in [-0.2, -0.15) is 5.10 Å². The number of fused-ring (bicyclic) bond motifs is 2. The third-order valence-electron chi connectivity index (χ3n) is 3.99. The van der Waals surface area contributed by atoms with E-state index in [4.69, 9.17) is 12.2 Å². The molecule has 0 fully saturated rings. The predicted molar refractivity (Wildman–Crippen MR) is 108 cm³/mol. The molecule has 0 saturated heterocycles. The molecule has 0 unspecified atom stereocenters. The first-order valence-electron chi connectivity index (χ1n) is 8.27. The molecule has 3 nitrogen and oxygen atoms in total. The highest BCUT2D eigenvalue weighted by molar-refractivity contribution is 7.80. The summed E-state index contributed by atoms with van der Waals surface area (Å²) in [6.07, 6.45) is 4.10. The Morgan fingerprint density at radius 2 is 1.67 bits per heavy atom. The first kappa shape index (κ1) is 16.4. The number of nitrogens with zero attached hydrogens (tertiary/aromatic N) is 1. The molecule has 0 radical (unpaired) electrons. The monoisotopic (exact) mass is 335 g/mol. The lowest BCUT2D eigenvalue weighted by Crippen LogP contribution is -2.32. The number of rotatable bonds is 5. The second-order valence-corrected chi connectivity index (χ2v) is 6.12. The summed E-state index contributed by atoms with van der Waals surface area (Å²) in [5.74, 6) is 0. The van der Waals surface area contributed by atoms with E-state index in [-0.39, 0.29) is 0 Å². The predicted octanol–water partition coefficient (Wildman–Crippen LogP) is 4.59. The first-order valence-corrected chi connectivity index (χ1v) is 8.68. The summed E-state index contributed by atoms with van der Waals surface area (Å²) in [5, 5.41) is 12.8. The largest absolute Gasteiger partial charge is 0.361 e. The quantitative estimate of drug-likeness (QED) is 0.235. The van der Waals surface area contributed by atoms with E-state index in [1.54, 1.807) is 0 Å². The van der Waals surface area contributed by atoms with E-state index in [1.807, 2.05) is 6.21 Å². The number of nitrogens with one attached hydrogen (secondary N) is 2. The molecule has 122 valence electrons. The number of benzene rings is 3. The fourth-order valence-corrected chi connectivity index (χ4v) is 2.92. The van der Waals surface area contributed by atoms with Crippen LogP contribution in [0.5, 0.6) is 0 Å². The maximum Gasteiger partial charge on any atom is 0.186 e. The molecule has 0 atom stereocenters. The molecule has 0 amide bonds. The Bertz CT molecular complexity index is 832. The Labute approximate surface area is 147 Å². The standard InChI is InChI=1S/C20H21N3S/c1-2-3-12-21-20(24)23-22-14-19-17-10-6-4-8-15(17)13-16-9-5-7-11-18(16)19/h4-11,13-14H,2-3,12H2,1H3,(H2,21,23,24)/b22-14+. The van der Waals surface area contributed by atoms with E-state index >= 15 is 0 Å². The van der Waals surface area contributed by atoms with Crippen LogP contribution >= 0.6 is 12.2 Å². The van der Waals surface area contributed by atoms with Gasteiger partial charge < -0.3 is 5.32 Å². The van der Waals surface area contributed by atoms with Crippen LogP contribution in [0.1, 0.15) is 25.3 Å². The van der Waals surface area contributed by atoms with Gasteiger partial charge in [-0.05, 0) is 46.2 Å². The number of hydrogen-bond acceptors (Lipinski definition) is 2. The normalized spacial score (nSPS) is 11.2. The Kier molecular flexibility index (Phi) is 5.39. The highest BCUT2D eigenvalue weighted by Gasteiger charge is 2.05. The Balaban J connectivity index is 1.89. The van der Waals surface area contributed by atoms with Gasteiger partial charge in [-0.15, -0.1) is 0 Å². The molecule has 24 heavy (non-hydrogen) atoms. The van der Waals surface area contributed by atoms with Crippen molar-refractivity contribution in [2.24, 2.45) is 5.10 Å². The van der Waals surface area contributed by atoms with Crippen molar-refractivity contribution in [2.75, 3.05) is 6.54 Å². The van der Waals surface area contributed by atoms with Crippen molar-refractivity contribution in [3.8, 4) is 0 Å². The second kappa shape index (κ2) is 7.88. The fraction of sp³-hybridized carbons (Fsp3) is 0.200. The molecule has 0 bridgehead atoms. The molecule has 0 aliphatic heterocycles. The van der Waals surface area contributed by atoms with Crippen LogP contribution in [0.3, 0.4) is 0 Å².